The van der Waals surface area contributed by atoms with Gasteiger partial charge in [-0.25, -0.2) is 0 Å². The Hall–Kier alpha value is -2.63. The number of hydrogen-bond donors (Lipinski definition) is 1. The summed E-state index contributed by atoms with van der Waals surface area (Å²) < 4.78 is 25.8. The Morgan fingerprint density at radius 2 is 1.75 bits per heavy atom. The molecule has 2 aromatic carbocycles. The van der Waals surface area contributed by atoms with Crippen LogP contribution in [0.15, 0.2) is 70.2 Å². The van der Waals surface area contributed by atoms with Gasteiger partial charge in [0.1, 0.15) is 17.3 Å². The Labute approximate surface area is 147 Å². The average Bonchev–Trinajstić information content (AvgIpc) is 2.98. The lowest BCUT2D eigenvalue weighted by atomic mass is 10.1. The van der Waals surface area contributed by atoms with E-state index < -0.39 is 10.0 Å². The Morgan fingerprint density at radius 1 is 1.08 bits per heavy atom. The lowest BCUT2D eigenvalue weighted by Gasteiger charge is -2.11. The molecular weight excluding hydrogens is 392 g/mol. The molecule has 1 N–H and O–H groups in total. The zero-order chi connectivity index (χ0) is 17.2. The molecule has 3 aromatic rings. The Bertz CT molecular complexity index is 1010. The SMILES string of the molecule is N#Cc1cnn(NS(=O)(=O)c2ccccc2)c1-c1ccc(Br)cc1. The van der Waals surface area contributed by atoms with Gasteiger partial charge in [-0.2, -0.15) is 28.4 Å². The molecule has 0 saturated carbocycles. The fourth-order valence-electron chi connectivity index (χ4n) is 2.15. The Morgan fingerprint density at radius 3 is 2.38 bits per heavy atom. The highest BCUT2D eigenvalue weighted by Gasteiger charge is 2.19. The van der Waals surface area contributed by atoms with Crippen molar-refractivity contribution in [3.63, 3.8) is 0 Å². The molecule has 0 radical (unpaired) electrons. The minimum absolute atomic E-state index is 0.112. The number of halogens is 1. The van der Waals surface area contributed by atoms with Crippen LogP contribution in [0.4, 0.5) is 0 Å². The van der Waals surface area contributed by atoms with E-state index in [0.29, 0.717) is 11.3 Å². The molecule has 6 nitrogen and oxygen atoms in total. The number of nitriles is 1. The third-order valence-electron chi connectivity index (χ3n) is 3.27. The summed E-state index contributed by atoms with van der Waals surface area (Å²) in [6.07, 6.45) is 1.32. The smallest absolute Gasteiger partial charge is 0.200 e. The summed E-state index contributed by atoms with van der Waals surface area (Å²) in [5.41, 5.74) is 1.32. The number of rotatable bonds is 4. The fraction of sp³-hybridized carbons (Fsp3) is 0. The summed E-state index contributed by atoms with van der Waals surface area (Å²) in [4.78, 5) is 3.60. The van der Waals surface area contributed by atoms with Gasteiger partial charge in [0.25, 0.3) is 10.0 Å². The standard InChI is InChI=1S/C16H11BrN4O2S/c17-14-8-6-12(7-9-14)16-13(10-18)11-19-21(16)20-24(22,23)15-4-2-1-3-5-15/h1-9,11,20H. The molecule has 0 aliphatic rings. The molecule has 0 amide bonds. The van der Waals surface area contributed by atoms with Crippen LogP contribution in [0.25, 0.3) is 11.3 Å². The highest BCUT2D eigenvalue weighted by molar-refractivity contribution is 9.10. The molecule has 3 rings (SSSR count). The van der Waals surface area contributed by atoms with E-state index in [4.69, 9.17) is 0 Å². The third-order valence-corrected chi connectivity index (χ3v) is 5.10. The van der Waals surface area contributed by atoms with Gasteiger partial charge in [0.05, 0.1) is 11.1 Å². The number of hydrogen-bond acceptors (Lipinski definition) is 4. The van der Waals surface area contributed by atoms with Crippen molar-refractivity contribution in [3.8, 4) is 17.3 Å². The predicted molar refractivity (Wildman–Crippen MR) is 93.1 cm³/mol. The lowest BCUT2D eigenvalue weighted by molar-refractivity contribution is 0.592. The van der Waals surface area contributed by atoms with Crippen LogP contribution in [-0.2, 0) is 10.0 Å². The van der Waals surface area contributed by atoms with Gasteiger partial charge in [0, 0.05) is 10.0 Å². The van der Waals surface area contributed by atoms with Crippen LogP contribution in [0.3, 0.4) is 0 Å². The van der Waals surface area contributed by atoms with E-state index in [1.807, 2.05) is 6.07 Å². The molecule has 120 valence electrons. The van der Waals surface area contributed by atoms with Crippen molar-refractivity contribution in [2.75, 3.05) is 4.83 Å². The van der Waals surface area contributed by atoms with Gasteiger partial charge in [0.15, 0.2) is 0 Å². The summed E-state index contributed by atoms with van der Waals surface area (Å²) in [6.45, 7) is 0. The van der Waals surface area contributed by atoms with Crippen molar-refractivity contribution in [2.45, 2.75) is 4.90 Å². The molecule has 0 bridgehead atoms. The Balaban J connectivity index is 2.06. The number of nitrogens with one attached hydrogen (secondary N) is 1. The second-order valence-corrected chi connectivity index (χ2v) is 7.42. The van der Waals surface area contributed by atoms with E-state index in [-0.39, 0.29) is 10.5 Å². The molecule has 0 aliphatic carbocycles. The van der Waals surface area contributed by atoms with Gasteiger partial charge in [-0.1, -0.05) is 46.3 Å². The highest BCUT2D eigenvalue weighted by atomic mass is 79.9. The van der Waals surface area contributed by atoms with Gasteiger partial charge in [0.2, 0.25) is 0 Å². The third kappa shape index (κ3) is 3.18. The second kappa shape index (κ2) is 6.47. The maximum absolute atomic E-state index is 12.5. The average molecular weight is 403 g/mol. The predicted octanol–water partition coefficient (Wildman–Crippen LogP) is 3.12. The molecule has 0 saturated heterocycles. The first-order chi connectivity index (χ1) is 11.5. The van der Waals surface area contributed by atoms with Crippen LogP contribution in [0.1, 0.15) is 5.56 Å². The molecule has 8 heteroatoms. The van der Waals surface area contributed by atoms with Crippen LogP contribution < -0.4 is 4.83 Å². The number of aromatic nitrogens is 2. The highest BCUT2D eigenvalue weighted by Crippen LogP contribution is 2.25. The van der Waals surface area contributed by atoms with Crippen molar-refractivity contribution in [2.24, 2.45) is 0 Å². The zero-order valence-electron chi connectivity index (χ0n) is 12.2. The Kier molecular flexibility index (Phi) is 4.38. The van der Waals surface area contributed by atoms with Gasteiger partial charge < -0.3 is 0 Å². The van der Waals surface area contributed by atoms with E-state index in [9.17, 15) is 13.7 Å². The molecule has 1 heterocycles. The number of sulfonamides is 1. The van der Waals surface area contributed by atoms with Gasteiger partial charge in [-0.15, -0.1) is 0 Å². The topological polar surface area (TPSA) is 87.8 Å². The number of nitrogens with zero attached hydrogens (tertiary/aromatic N) is 3. The van der Waals surface area contributed by atoms with Crippen LogP contribution >= 0.6 is 15.9 Å². The molecular formula is C16H11BrN4O2S. The summed E-state index contributed by atoms with van der Waals surface area (Å²) in [6, 6.07) is 17.1. The quantitative estimate of drug-likeness (QED) is 0.725. The monoisotopic (exact) mass is 402 g/mol. The van der Waals surface area contributed by atoms with E-state index in [1.165, 1.54) is 18.3 Å². The summed E-state index contributed by atoms with van der Waals surface area (Å²) >= 11 is 3.34. The van der Waals surface area contributed by atoms with Crippen molar-refractivity contribution in [1.29, 1.82) is 5.26 Å². The maximum atomic E-state index is 12.5. The number of benzene rings is 2. The van der Waals surface area contributed by atoms with E-state index in [2.05, 4.69) is 25.9 Å². The largest absolute Gasteiger partial charge is 0.276 e. The summed E-state index contributed by atoms with van der Waals surface area (Å²) in [5, 5.41) is 13.3. The normalized spacial score (nSPS) is 11.0. The molecule has 0 aliphatic heterocycles. The first kappa shape index (κ1) is 16.2. The van der Waals surface area contributed by atoms with Crippen molar-refractivity contribution < 1.29 is 8.42 Å². The minimum Gasteiger partial charge on any atom is -0.200 e. The molecule has 0 fully saturated rings. The first-order valence-corrected chi connectivity index (χ1v) is 9.11. The molecule has 24 heavy (non-hydrogen) atoms. The second-order valence-electron chi connectivity index (χ2n) is 4.85. The van der Waals surface area contributed by atoms with E-state index >= 15 is 0 Å². The van der Waals surface area contributed by atoms with Crippen LogP contribution in [0, 0.1) is 11.3 Å². The molecule has 0 spiro atoms. The lowest BCUT2D eigenvalue weighted by Crippen LogP contribution is -2.25. The van der Waals surface area contributed by atoms with Crippen molar-refractivity contribution in [1.82, 2.24) is 9.89 Å². The maximum Gasteiger partial charge on any atom is 0.276 e. The van der Waals surface area contributed by atoms with Gasteiger partial charge >= 0.3 is 0 Å². The van der Waals surface area contributed by atoms with E-state index in [1.54, 1.807) is 42.5 Å². The van der Waals surface area contributed by atoms with Crippen LogP contribution in [-0.4, -0.2) is 18.3 Å². The van der Waals surface area contributed by atoms with E-state index in [0.717, 1.165) is 9.26 Å². The van der Waals surface area contributed by atoms with Crippen molar-refractivity contribution in [3.05, 3.63) is 70.8 Å². The van der Waals surface area contributed by atoms with Gasteiger partial charge in [-0.3, -0.25) is 0 Å². The molecule has 0 unspecified atom stereocenters. The first-order valence-electron chi connectivity index (χ1n) is 6.83. The van der Waals surface area contributed by atoms with Gasteiger partial charge in [-0.05, 0) is 24.3 Å². The van der Waals surface area contributed by atoms with Crippen molar-refractivity contribution >= 4 is 26.0 Å². The van der Waals surface area contributed by atoms with Crippen LogP contribution in [0.2, 0.25) is 0 Å². The van der Waals surface area contributed by atoms with Crippen LogP contribution in [0.5, 0.6) is 0 Å². The zero-order valence-corrected chi connectivity index (χ0v) is 14.6. The fourth-order valence-corrected chi connectivity index (χ4v) is 3.40. The summed E-state index contributed by atoms with van der Waals surface area (Å²) in [7, 11) is -3.82. The summed E-state index contributed by atoms with van der Waals surface area (Å²) in [5.74, 6) is 0. The molecule has 0 atom stereocenters. The minimum atomic E-state index is -3.82. The molecule has 1 aromatic heterocycles.